The molecule has 0 N–H and O–H groups in total. The molecule has 4 rings (SSSR count). The zero-order valence-corrected chi connectivity index (χ0v) is 19.7. The fourth-order valence-corrected chi connectivity index (χ4v) is 3.85. The summed E-state index contributed by atoms with van der Waals surface area (Å²) < 4.78 is 55.4. The van der Waals surface area contributed by atoms with E-state index in [0.717, 1.165) is 18.0 Å². The predicted octanol–water partition coefficient (Wildman–Crippen LogP) is -0.332. The second kappa shape index (κ2) is 9.06. The van der Waals surface area contributed by atoms with E-state index in [9.17, 15) is 12.8 Å². The van der Waals surface area contributed by atoms with Gasteiger partial charge in [0, 0.05) is 12.4 Å². The number of fused-ring (bicyclic) bond motifs is 3. The summed E-state index contributed by atoms with van der Waals surface area (Å²) in [5.74, 6) is -0.663. The van der Waals surface area contributed by atoms with Gasteiger partial charge in [0.05, 0.1) is 30.6 Å². The summed E-state index contributed by atoms with van der Waals surface area (Å²) in [6.45, 7) is 2.76. The smallest absolute Gasteiger partial charge is 0.571 e. The van der Waals surface area contributed by atoms with Gasteiger partial charge in [-0.25, -0.2) is 22.8 Å². The second-order valence-corrected chi connectivity index (χ2v) is 7.36. The van der Waals surface area contributed by atoms with Crippen molar-refractivity contribution < 1.29 is 73.7 Å². The number of rotatable bonds is 5. The molecule has 12 heteroatoms. The molecule has 0 spiro atoms. The van der Waals surface area contributed by atoms with Gasteiger partial charge in [-0.1, -0.05) is 6.07 Å². The molecule has 0 fully saturated rings. The molecule has 0 aliphatic carbocycles. The third-order valence-corrected chi connectivity index (χ3v) is 5.24. The molecule has 9 nitrogen and oxygen atoms in total. The Morgan fingerprint density at radius 1 is 1.31 bits per heavy atom. The third kappa shape index (κ3) is 4.62. The van der Waals surface area contributed by atoms with E-state index in [1.807, 2.05) is 0 Å². The van der Waals surface area contributed by atoms with Gasteiger partial charge in [0.15, 0.2) is 0 Å². The van der Waals surface area contributed by atoms with Crippen molar-refractivity contribution in [2.24, 2.45) is 0 Å². The summed E-state index contributed by atoms with van der Waals surface area (Å²) in [4.78, 5) is 7.41. The first-order valence-corrected chi connectivity index (χ1v) is 9.83. The maximum Gasteiger partial charge on any atom is 1.00 e. The van der Waals surface area contributed by atoms with Gasteiger partial charge in [-0.15, -0.1) is 5.69 Å². The van der Waals surface area contributed by atoms with E-state index in [0.29, 0.717) is 24.6 Å². The number of hydrogen-bond acceptors (Lipinski definition) is 7. The minimum absolute atomic E-state index is 0. The van der Waals surface area contributed by atoms with Crippen molar-refractivity contribution >= 4 is 15.7 Å². The topological polar surface area (TPSA) is 110 Å². The van der Waals surface area contributed by atoms with Crippen LogP contribution in [-0.2, 0) is 16.6 Å². The van der Waals surface area contributed by atoms with Crippen LogP contribution in [0.1, 0.15) is 6.92 Å². The molecule has 1 aliphatic rings. The van der Waals surface area contributed by atoms with E-state index in [-0.39, 0.29) is 69.6 Å². The van der Waals surface area contributed by atoms with Gasteiger partial charge in [0.1, 0.15) is 27.3 Å². The van der Waals surface area contributed by atoms with Crippen molar-refractivity contribution in [2.45, 2.75) is 18.4 Å². The number of aromatic nitrogens is 4. The molecule has 3 aromatic rings. The molecule has 0 bridgehead atoms. The van der Waals surface area contributed by atoms with E-state index in [1.54, 1.807) is 23.9 Å². The van der Waals surface area contributed by atoms with Crippen molar-refractivity contribution in [1.82, 2.24) is 19.7 Å². The minimum atomic E-state index is -4.29. The number of halogens is 1. The standard InChI is InChI=1S/C17H15FN5O4S.K/c1-2-26-17-15(7-11(18)9-19-17)28(24,25)22-12-8-13-14-3-4-21-23(14)5-6-27-16(13)20-10-12;/h3-4,7-10H,2,5-6H2,1H3;/q-1;+1. The van der Waals surface area contributed by atoms with Crippen molar-refractivity contribution in [3.63, 3.8) is 0 Å². The molecule has 0 aromatic carbocycles. The molecule has 0 amide bonds. The van der Waals surface area contributed by atoms with Crippen LogP contribution >= 0.6 is 0 Å². The summed E-state index contributed by atoms with van der Waals surface area (Å²) in [5, 5.41) is 4.20. The predicted molar refractivity (Wildman–Crippen MR) is 96.5 cm³/mol. The van der Waals surface area contributed by atoms with E-state index in [4.69, 9.17) is 9.47 Å². The Hall–Kier alpha value is -1.57. The van der Waals surface area contributed by atoms with Gasteiger partial charge in [0.25, 0.3) is 0 Å². The molecule has 1 aliphatic heterocycles. The Labute approximate surface area is 209 Å². The molecule has 29 heavy (non-hydrogen) atoms. The van der Waals surface area contributed by atoms with Gasteiger partial charge in [-0.3, -0.25) is 4.68 Å². The maximum atomic E-state index is 13.6. The first-order valence-electron chi connectivity index (χ1n) is 8.39. The average Bonchev–Trinajstić information content (AvgIpc) is 3.06. The Morgan fingerprint density at radius 2 is 2.14 bits per heavy atom. The van der Waals surface area contributed by atoms with Gasteiger partial charge in [-0.2, -0.15) is 5.10 Å². The number of sulfonamides is 1. The van der Waals surface area contributed by atoms with Crippen LogP contribution in [0.3, 0.4) is 0 Å². The fraction of sp³-hybridized carbons (Fsp3) is 0.235. The fourth-order valence-electron chi connectivity index (χ4n) is 2.78. The van der Waals surface area contributed by atoms with Gasteiger partial charge in [0.2, 0.25) is 11.8 Å². The first-order chi connectivity index (χ1) is 13.5. The van der Waals surface area contributed by atoms with Crippen molar-refractivity contribution in [1.29, 1.82) is 0 Å². The van der Waals surface area contributed by atoms with E-state index in [1.165, 1.54) is 12.3 Å². The van der Waals surface area contributed by atoms with Crippen LogP contribution in [-0.4, -0.2) is 41.4 Å². The quantitative estimate of drug-likeness (QED) is 0.497. The van der Waals surface area contributed by atoms with Gasteiger partial charge >= 0.3 is 51.4 Å². The van der Waals surface area contributed by atoms with E-state index >= 15 is 0 Å². The zero-order valence-electron chi connectivity index (χ0n) is 15.7. The van der Waals surface area contributed by atoms with E-state index < -0.39 is 20.7 Å². The zero-order chi connectivity index (χ0) is 19.7. The number of ether oxygens (including phenoxy) is 2. The molecular formula is C17H15FKN5O4S. The Bertz CT molecular complexity index is 1140. The van der Waals surface area contributed by atoms with Crippen LogP contribution in [0.25, 0.3) is 16.0 Å². The first kappa shape index (κ1) is 22.1. The van der Waals surface area contributed by atoms with Gasteiger partial charge < -0.3 is 14.2 Å². The van der Waals surface area contributed by atoms with Crippen LogP contribution in [0.15, 0.2) is 41.7 Å². The molecule has 0 radical (unpaired) electrons. The molecule has 0 atom stereocenters. The number of pyridine rings is 2. The Balaban J connectivity index is 0.00000240. The summed E-state index contributed by atoms with van der Waals surface area (Å²) in [7, 11) is -4.29. The molecule has 146 valence electrons. The molecular weight excluding hydrogens is 428 g/mol. The second-order valence-electron chi connectivity index (χ2n) is 5.79. The van der Waals surface area contributed by atoms with E-state index in [2.05, 4.69) is 19.8 Å². The van der Waals surface area contributed by atoms with Crippen molar-refractivity contribution in [2.75, 3.05) is 13.2 Å². The Morgan fingerprint density at radius 3 is 2.93 bits per heavy atom. The molecule has 3 aromatic heterocycles. The molecule has 4 heterocycles. The number of hydrogen-bond donors (Lipinski definition) is 0. The summed E-state index contributed by atoms with van der Waals surface area (Å²) in [5.41, 5.74) is 1.36. The van der Waals surface area contributed by atoms with Crippen LogP contribution in [0.5, 0.6) is 11.8 Å². The molecule has 0 saturated heterocycles. The van der Waals surface area contributed by atoms with Crippen LogP contribution in [0.4, 0.5) is 10.1 Å². The van der Waals surface area contributed by atoms with Crippen molar-refractivity contribution in [3.8, 4) is 23.0 Å². The average molecular weight is 444 g/mol. The van der Waals surface area contributed by atoms with Crippen LogP contribution < -0.4 is 60.9 Å². The molecule has 0 saturated carbocycles. The van der Waals surface area contributed by atoms with Gasteiger partial charge in [-0.05, 0) is 19.1 Å². The number of nitrogens with zero attached hydrogens (tertiary/aromatic N) is 5. The summed E-state index contributed by atoms with van der Waals surface area (Å²) in [6.07, 6.45) is 3.79. The van der Waals surface area contributed by atoms with Crippen LogP contribution in [0, 0.1) is 5.82 Å². The minimum Gasteiger partial charge on any atom is -0.571 e. The van der Waals surface area contributed by atoms with Crippen molar-refractivity contribution in [3.05, 3.63) is 47.3 Å². The maximum absolute atomic E-state index is 13.6. The Kier molecular flexibility index (Phi) is 6.91. The summed E-state index contributed by atoms with van der Waals surface area (Å²) in [6, 6.07) is 4.13. The largest absolute Gasteiger partial charge is 1.00 e. The third-order valence-electron chi connectivity index (χ3n) is 3.94. The summed E-state index contributed by atoms with van der Waals surface area (Å²) >= 11 is 0. The monoisotopic (exact) mass is 443 g/mol. The van der Waals surface area contributed by atoms with Crippen LogP contribution in [0.2, 0.25) is 0 Å². The SMILES string of the molecule is CCOc1ncc(F)cc1S(=O)(=O)[N-]c1cnc2c(c1)-c1ccnn1CCO2.[K+]. The normalized spacial score (nSPS) is 12.6. The molecule has 0 unspecified atom stereocenters.